The average molecular weight is 299 g/mol. The predicted octanol–water partition coefficient (Wildman–Crippen LogP) is 4.42. The number of ether oxygens (including phenoxy) is 1. The lowest BCUT2D eigenvalue weighted by atomic mass is 9.70. The first-order chi connectivity index (χ1) is 10.3. The highest BCUT2D eigenvalue weighted by Crippen LogP contribution is 2.52. The molecular weight excluding hydrogens is 270 g/mol. The van der Waals surface area contributed by atoms with Crippen LogP contribution in [0.25, 0.3) is 0 Å². The van der Waals surface area contributed by atoms with Gasteiger partial charge in [0.2, 0.25) is 0 Å². The van der Waals surface area contributed by atoms with Crippen LogP contribution in [0.4, 0.5) is 0 Å². The van der Waals surface area contributed by atoms with Gasteiger partial charge in [0, 0.05) is 12.5 Å². The van der Waals surface area contributed by atoms with Crippen LogP contribution >= 0.6 is 0 Å². The van der Waals surface area contributed by atoms with E-state index in [2.05, 4.69) is 64.4 Å². The Bertz CT molecular complexity index is 593. The van der Waals surface area contributed by atoms with E-state index in [1.807, 2.05) is 0 Å². The Balaban J connectivity index is 2.09. The van der Waals surface area contributed by atoms with Gasteiger partial charge in [-0.1, -0.05) is 31.7 Å². The number of aryl methyl sites for hydroxylation is 2. The second kappa shape index (κ2) is 5.50. The quantitative estimate of drug-likeness (QED) is 0.712. The SMILES string of the molecule is C=C1COC2(C1)C(C)CC(C)N(C)C2c1ccc(C)c(C)c1. The minimum Gasteiger partial charge on any atom is -0.368 e. The lowest BCUT2D eigenvalue weighted by Crippen LogP contribution is -2.56. The second-order valence-electron chi connectivity index (χ2n) is 7.57. The standard InChI is InChI=1S/C20H29NO/c1-13-11-20(22-12-13)16(4)10-17(5)21(6)19(20)18-8-7-14(2)15(3)9-18/h7-9,16-17,19H,1,10-12H2,2-6H3. The molecule has 0 N–H and O–H groups in total. The molecular formula is C20H29NO. The van der Waals surface area contributed by atoms with Crippen LogP contribution < -0.4 is 0 Å². The molecule has 0 radical (unpaired) electrons. The van der Waals surface area contributed by atoms with Crippen molar-refractivity contribution in [2.24, 2.45) is 5.92 Å². The van der Waals surface area contributed by atoms with Crippen molar-refractivity contribution >= 4 is 0 Å². The molecule has 2 nitrogen and oxygen atoms in total. The molecule has 2 fully saturated rings. The number of nitrogens with zero attached hydrogens (tertiary/aromatic N) is 1. The van der Waals surface area contributed by atoms with Crippen molar-refractivity contribution in [2.45, 2.75) is 58.2 Å². The van der Waals surface area contributed by atoms with Crippen LogP contribution in [0.15, 0.2) is 30.4 Å². The lowest BCUT2D eigenvalue weighted by molar-refractivity contribution is -0.138. The van der Waals surface area contributed by atoms with Crippen LogP contribution in [0, 0.1) is 19.8 Å². The molecule has 0 aliphatic carbocycles. The first-order valence-corrected chi connectivity index (χ1v) is 8.45. The van der Waals surface area contributed by atoms with Gasteiger partial charge in [-0.15, -0.1) is 0 Å². The van der Waals surface area contributed by atoms with Crippen LogP contribution in [-0.4, -0.2) is 30.2 Å². The number of likely N-dealkylation sites (tertiary alicyclic amines) is 1. The Morgan fingerprint density at radius 2 is 1.95 bits per heavy atom. The Morgan fingerprint density at radius 1 is 1.23 bits per heavy atom. The molecule has 2 aliphatic heterocycles. The second-order valence-corrected chi connectivity index (χ2v) is 7.57. The number of likely N-dealkylation sites (N-methyl/N-ethyl adjacent to an activating group) is 1. The van der Waals surface area contributed by atoms with Crippen LogP contribution in [0.5, 0.6) is 0 Å². The minimum absolute atomic E-state index is 0.111. The van der Waals surface area contributed by atoms with Crippen molar-refractivity contribution < 1.29 is 4.74 Å². The third-order valence-electron chi connectivity index (χ3n) is 6.01. The lowest BCUT2D eigenvalue weighted by Gasteiger charge is -2.53. The largest absolute Gasteiger partial charge is 0.368 e. The molecule has 2 heterocycles. The number of hydrogen-bond acceptors (Lipinski definition) is 2. The summed E-state index contributed by atoms with van der Waals surface area (Å²) in [6, 6.07) is 7.78. The fourth-order valence-corrected chi connectivity index (χ4v) is 4.42. The summed E-state index contributed by atoms with van der Waals surface area (Å²) in [7, 11) is 2.25. The maximum atomic E-state index is 6.42. The topological polar surface area (TPSA) is 12.5 Å². The molecule has 4 atom stereocenters. The molecule has 4 unspecified atom stereocenters. The zero-order valence-corrected chi connectivity index (χ0v) is 14.6. The fraction of sp³-hybridized carbons (Fsp3) is 0.600. The maximum absolute atomic E-state index is 6.42. The molecule has 0 bridgehead atoms. The van der Waals surface area contributed by atoms with Crippen molar-refractivity contribution in [3.05, 3.63) is 47.0 Å². The summed E-state index contributed by atoms with van der Waals surface area (Å²) in [6.07, 6.45) is 2.17. The third-order valence-corrected chi connectivity index (χ3v) is 6.01. The monoisotopic (exact) mass is 299 g/mol. The molecule has 2 heteroatoms. The predicted molar refractivity (Wildman–Crippen MR) is 92.1 cm³/mol. The van der Waals surface area contributed by atoms with E-state index >= 15 is 0 Å². The summed E-state index contributed by atoms with van der Waals surface area (Å²) in [5, 5.41) is 0. The number of benzene rings is 1. The summed E-state index contributed by atoms with van der Waals surface area (Å²) in [4.78, 5) is 2.52. The maximum Gasteiger partial charge on any atom is 0.0946 e. The van der Waals surface area contributed by atoms with Crippen molar-refractivity contribution in [1.82, 2.24) is 4.90 Å². The number of rotatable bonds is 1. The highest BCUT2D eigenvalue weighted by Gasteiger charge is 2.54. The van der Waals surface area contributed by atoms with E-state index in [1.54, 1.807) is 0 Å². The van der Waals surface area contributed by atoms with Crippen LogP contribution in [-0.2, 0) is 4.74 Å². The van der Waals surface area contributed by atoms with E-state index in [0.29, 0.717) is 24.6 Å². The molecule has 1 spiro atoms. The molecule has 1 aromatic rings. The third kappa shape index (κ3) is 2.33. The Morgan fingerprint density at radius 3 is 2.55 bits per heavy atom. The fourth-order valence-electron chi connectivity index (χ4n) is 4.42. The van der Waals surface area contributed by atoms with Crippen LogP contribution in [0.2, 0.25) is 0 Å². The first kappa shape index (κ1) is 15.8. The zero-order valence-electron chi connectivity index (χ0n) is 14.6. The van der Waals surface area contributed by atoms with Gasteiger partial charge in [-0.25, -0.2) is 0 Å². The first-order valence-electron chi connectivity index (χ1n) is 8.45. The Hall–Kier alpha value is -1.12. The smallest absolute Gasteiger partial charge is 0.0946 e. The molecule has 2 saturated heterocycles. The van der Waals surface area contributed by atoms with Gasteiger partial charge in [0.05, 0.1) is 18.2 Å². The summed E-state index contributed by atoms with van der Waals surface area (Å²) in [6.45, 7) is 14.0. The van der Waals surface area contributed by atoms with Gasteiger partial charge in [0.15, 0.2) is 0 Å². The summed E-state index contributed by atoms with van der Waals surface area (Å²) < 4.78 is 6.42. The van der Waals surface area contributed by atoms with Gasteiger partial charge in [-0.2, -0.15) is 0 Å². The zero-order chi connectivity index (χ0) is 16.1. The van der Waals surface area contributed by atoms with Gasteiger partial charge in [-0.05, 0) is 62.4 Å². The van der Waals surface area contributed by atoms with Crippen molar-refractivity contribution in [3.8, 4) is 0 Å². The van der Waals surface area contributed by atoms with Gasteiger partial charge < -0.3 is 4.74 Å². The Kier molecular flexibility index (Phi) is 3.94. The highest BCUT2D eigenvalue weighted by molar-refractivity contribution is 5.35. The van der Waals surface area contributed by atoms with E-state index in [1.165, 1.54) is 28.7 Å². The summed E-state index contributed by atoms with van der Waals surface area (Å²) >= 11 is 0. The number of hydrogen-bond donors (Lipinski definition) is 0. The molecule has 22 heavy (non-hydrogen) atoms. The Labute approximate surface area is 135 Å². The van der Waals surface area contributed by atoms with Gasteiger partial charge >= 0.3 is 0 Å². The molecule has 0 aromatic heterocycles. The van der Waals surface area contributed by atoms with E-state index in [-0.39, 0.29) is 5.60 Å². The van der Waals surface area contributed by atoms with Crippen molar-refractivity contribution in [1.29, 1.82) is 0 Å². The van der Waals surface area contributed by atoms with Gasteiger partial charge in [0.1, 0.15) is 0 Å². The molecule has 3 rings (SSSR count). The molecule has 120 valence electrons. The summed E-state index contributed by atoms with van der Waals surface area (Å²) in [5.41, 5.74) is 5.24. The minimum atomic E-state index is -0.111. The van der Waals surface area contributed by atoms with Crippen molar-refractivity contribution in [3.63, 3.8) is 0 Å². The molecule has 0 amide bonds. The number of piperidine rings is 1. The van der Waals surface area contributed by atoms with E-state index in [4.69, 9.17) is 4.74 Å². The molecule has 1 aromatic carbocycles. The van der Waals surface area contributed by atoms with Crippen LogP contribution in [0.1, 0.15) is 49.4 Å². The summed E-state index contributed by atoms with van der Waals surface area (Å²) in [5.74, 6) is 0.546. The van der Waals surface area contributed by atoms with E-state index < -0.39 is 0 Å². The molecule has 2 aliphatic rings. The van der Waals surface area contributed by atoms with Crippen LogP contribution in [0.3, 0.4) is 0 Å². The highest BCUT2D eigenvalue weighted by atomic mass is 16.5. The normalized spacial score (nSPS) is 36.2. The average Bonchev–Trinajstić information content (AvgIpc) is 2.84. The van der Waals surface area contributed by atoms with E-state index in [0.717, 1.165) is 6.42 Å². The van der Waals surface area contributed by atoms with E-state index in [9.17, 15) is 0 Å². The molecule has 0 saturated carbocycles. The van der Waals surface area contributed by atoms with Gasteiger partial charge in [0.25, 0.3) is 0 Å². The van der Waals surface area contributed by atoms with Crippen molar-refractivity contribution in [2.75, 3.05) is 13.7 Å². The van der Waals surface area contributed by atoms with Gasteiger partial charge in [-0.3, -0.25) is 4.90 Å².